The second kappa shape index (κ2) is 7.62. The van der Waals surface area contributed by atoms with Crippen LogP contribution in [0, 0.1) is 5.82 Å². The van der Waals surface area contributed by atoms with Crippen molar-refractivity contribution in [3.8, 4) is 11.1 Å². The van der Waals surface area contributed by atoms with Crippen LogP contribution in [0.3, 0.4) is 0 Å². The van der Waals surface area contributed by atoms with Gasteiger partial charge in [0.05, 0.1) is 0 Å². The summed E-state index contributed by atoms with van der Waals surface area (Å²) < 4.78 is 13.1. The second-order valence-electron chi connectivity index (χ2n) is 6.52. The molecule has 0 spiro atoms. The third kappa shape index (κ3) is 3.89. The summed E-state index contributed by atoms with van der Waals surface area (Å²) in [7, 11) is 0. The number of aromatic nitrogens is 2. The molecule has 2 heterocycles. The first-order valence-electron chi connectivity index (χ1n) is 8.87. The van der Waals surface area contributed by atoms with E-state index < -0.39 is 0 Å². The summed E-state index contributed by atoms with van der Waals surface area (Å²) in [5.41, 5.74) is 3.44. The third-order valence-corrected chi connectivity index (χ3v) is 4.72. The van der Waals surface area contributed by atoms with Crippen LogP contribution < -0.4 is 4.90 Å². The van der Waals surface area contributed by atoms with Crippen LogP contribution in [0.4, 0.5) is 10.3 Å². The van der Waals surface area contributed by atoms with Crippen LogP contribution in [-0.4, -0.2) is 41.0 Å². The molecule has 4 nitrogen and oxygen atoms in total. The maximum atomic E-state index is 13.1. The molecule has 1 aliphatic heterocycles. The fraction of sp³-hybridized carbons (Fsp3) is 0.238. The number of nitrogens with zero attached hydrogens (tertiary/aromatic N) is 4. The van der Waals surface area contributed by atoms with Gasteiger partial charge in [-0.05, 0) is 41.0 Å². The van der Waals surface area contributed by atoms with Crippen LogP contribution in [0.25, 0.3) is 11.1 Å². The molecule has 1 aromatic heterocycles. The van der Waals surface area contributed by atoms with E-state index in [2.05, 4.69) is 44.0 Å². The lowest BCUT2D eigenvalue weighted by Crippen LogP contribution is -2.46. The zero-order valence-electron chi connectivity index (χ0n) is 14.6. The Morgan fingerprint density at radius 2 is 1.54 bits per heavy atom. The summed E-state index contributed by atoms with van der Waals surface area (Å²) in [6.45, 7) is 4.75. The predicted octanol–water partition coefficient (Wildman–Crippen LogP) is 3.60. The Bertz CT molecular complexity index is 843. The molecule has 0 bridgehead atoms. The number of piperazine rings is 1. The quantitative estimate of drug-likeness (QED) is 0.721. The standard InChI is InChI=1S/C21H21FN4/c22-20-7-5-18(6-8-20)19-4-1-3-17(15-19)16-25-11-13-26(14-12-25)21-23-9-2-10-24-21/h1-10,15H,11-14,16H2. The second-order valence-corrected chi connectivity index (χ2v) is 6.52. The third-order valence-electron chi connectivity index (χ3n) is 4.72. The Morgan fingerprint density at radius 3 is 2.27 bits per heavy atom. The summed E-state index contributed by atoms with van der Waals surface area (Å²) in [5.74, 6) is 0.607. The Hall–Kier alpha value is -2.79. The monoisotopic (exact) mass is 348 g/mol. The van der Waals surface area contributed by atoms with Gasteiger partial charge in [0.2, 0.25) is 5.95 Å². The van der Waals surface area contributed by atoms with Gasteiger partial charge in [-0.15, -0.1) is 0 Å². The summed E-state index contributed by atoms with van der Waals surface area (Å²) >= 11 is 0. The molecule has 1 aliphatic rings. The van der Waals surface area contributed by atoms with Gasteiger partial charge in [-0.2, -0.15) is 0 Å². The van der Waals surface area contributed by atoms with Crippen molar-refractivity contribution >= 4 is 5.95 Å². The normalized spacial score (nSPS) is 15.2. The number of halogens is 1. The minimum atomic E-state index is -0.204. The van der Waals surface area contributed by atoms with Crippen LogP contribution in [0.2, 0.25) is 0 Å². The van der Waals surface area contributed by atoms with Gasteiger partial charge in [0.15, 0.2) is 0 Å². The fourth-order valence-electron chi connectivity index (χ4n) is 3.31. The summed E-state index contributed by atoms with van der Waals surface area (Å²) in [6, 6.07) is 17.0. The first-order chi connectivity index (χ1) is 12.8. The number of rotatable bonds is 4. The maximum Gasteiger partial charge on any atom is 0.225 e. The molecule has 5 heteroatoms. The van der Waals surface area contributed by atoms with Crippen molar-refractivity contribution in [3.63, 3.8) is 0 Å². The van der Waals surface area contributed by atoms with Gasteiger partial charge in [-0.1, -0.05) is 30.3 Å². The summed E-state index contributed by atoms with van der Waals surface area (Å²) in [6.07, 6.45) is 3.57. The highest BCUT2D eigenvalue weighted by Gasteiger charge is 2.18. The van der Waals surface area contributed by atoms with E-state index in [4.69, 9.17) is 0 Å². The van der Waals surface area contributed by atoms with Crippen molar-refractivity contribution in [2.24, 2.45) is 0 Å². The van der Waals surface area contributed by atoms with Gasteiger partial charge >= 0.3 is 0 Å². The molecule has 0 N–H and O–H groups in total. The van der Waals surface area contributed by atoms with E-state index in [0.717, 1.165) is 49.8 Å². The Balaban J connectivity index is 1.39. The van der Waals surface area contributed by atoms with Crippen LogP contribution in [0.15, 0.2) is 67.0 Å². The van der Waals surface area contributed by atoms with Crippen molar-refractivity contribution in [1.82, 2.24) is 14.9 Å². The molecule has 0 saturated carbocycles. The topological polar surface area (TPSA) is 32.3 Å². The van der Waals surface area contributed by atoms with Crippen molar-refractivity contribution in [3.05, 3.63) is 78.4 Å². The largest absolute Gasteiger partial charge is 0.338 e. The lowest BCUT2D eigenvalue weighted by atomic mass is 10.0. The van der Waals surface area contributed by atoms with Gasteiger partial charge < -0.3 is 4.90 Å². The molecule has 132 valence electrons. The van der Waals surface area contributed by atoms with E-state index in [1.54, 1.807) is 12.4 Å². The van der Waals surface area contributed by atoms with Crippen molar-refractivity contribution in [2.75, 3.05) is 31.1 Å². The molecular formula is C21H21FN4. The SMILES string of the molecule is Fc1ccc(-c2cccc(CN3CCN(c4ncccn4)CC3)c2)cc1. The molecular weight excluding hydrogens is 327 g/mol. The lowest BCUT2D eigenvalue weighted by Gasteiger charge is -2.34. The average Bonchev–Trinajstić information content (AvgIpc) is 2.70. The fourth-order valence-corrected chi connectivity index (χ4v) is 3.31. The Kier molecular flexibility index (Phi) is 4.88. The van der Waals surface area contributed by atoms with Gasteiger partial charge in [0.1, 0.15) is 5.82 Å². The van der Waals surface area contributed by atoms with E-state index in [1.807, 2.05) is 18.2 Å². The summed E-state index contributed by atoms with van der Waals surface area (Å²) in [5, 5.41) is 0. The maximum absolute atomic E-state index is 13.1. The number of hydrogen-bond donors (Lipinski definition) is 0. The van der Waals surface area contributed by atoms with Crippen molar-refractivity contribution < 1.29 is 4.39 Å². The van der Waals surface area contributed by atoms with Crippen LogP contribution in [0.1, 0.15) is 5.56 Å². The summed E-state index contributed by atoms with van der Waals surface area (Å²) in [4.78, 5) is 13.3. The molecule has 0 unspecified atom stereocenters. The minimum absolute atomic E-state index is 0.204. The zero-order chi connectivity index (χ0) is 17.8. The molecule has 0 aliphatic carbocycles. The smallest absolute Gasteiger partial charge is 0.225 e. The molecule has 1 saturated heterocycles. The Labute approximate surface area is 152 Å². The van der Waals surface area contributed by atoms with Crippen LogP contribution in [0.5, 0.6) is 0 Å². The number of hydrogen-bond acceptors (Lipinski definition) is 4. The minimum Gasteiger partial charge on any atom is -0.338 e. The van der Waals surface area contributed by atoms with Gasteiger partial charge in [-0.3, -0.25) is 4.90 Å². The number of benzene rings is 2. The molecule has 0 radical (unpaired) electrons. The van der Waals surface area contributed by atoms with Crippen LogP contribution >= 0.6 is 0 Å². The molecule has 3 aromatic rings. The van der Waals surface area contributed by atoms with Gasteiger partial charge in [-0.25, -0.2) is 14.4 Å². The lowest BCUT2D eigenvalue weighted by molar-refractivity contribution is 0.248. The first kappa shape index (κ1) is 16.7. The predicted molar refractivity (Wildman–Crippen MR) is 101 cm³/mol. The van der Waals surface area contributed by atoms with Crippen LogP contribution in [-0.2, 0) is 6.54 Å². The van der Waals surface area contributed by atoms with Gasteiger partial charge in [0.25, 0.3) is 0 Å². The molecule has 26 heavy (non-hydrogen) atoms. The van der Waals surface area contributed by atoms with E-state index in [1.165, 1.54) is 17.7 Å². The zero-order valence-corrected chi connectivity index (χ0v) is 14.6. The highest BCUT2D eigenvalue weighted by atomic mass is 19.1. The van der Waals surface area contributed by atoms with E-state index >= 15 is 0 Å². The highest BCUT2D eigenvalue weighted by molar-refractivity contribution is 5.64. The van der Waals surface area contributed by atoms with E-state index in [9.17, 15) is 4.39 Å². The Morgan fingerprint density at radius 1 is 0.808 bits per heavy atom. The average molecular weight is 348 g/mol. The van der Waals surface area contributed by atoms with E-state index in [-0.39, 0.29) is 5.82 Å². The number of anilines is 1. The van der Waals surface area contributed by atoms with Crippen molar-refractivity contribution in [1.29, 1.82) is 0 Å². The molecule has 4 rings (SSSR count). The van der Waals surface area contributed by atoms with Gasteiger partial charge in [0, 0.05) is 45.1 Å². The van der Waals surface area contributed by atoms with Crippen molar-refractivity contribution in [2.45, 2.75) is 6.54 Å². The van der Waals surface area contributed by atoms with E-state index in [0.29, 0.717) is 0 Å². The molecule has 2 aromatic carbocycles. The molecule has 0 atom stereocenters. The highest BCUT2D eigenvalue weighted by Crippen LogP contribution is 2.22. The molecule has 0 amide bonds. The first-order valence-corrected chi connectivity index (χ1v) is 8.87. The molecule has 1 fully saturated rings.